The molecule has 0 radical (unpaired) electrons. The SMILES string of the molecule is C=CC(=O)Nc1cc(Nc2nccc(-c3ccc4c(cnn4C)c3)n2)c(OC)cc1N1C[C@@H](C)N(C)[C@@H](C)C1. The van der Waals surface area contributed by atoms with Gasteiger partial charge in [-0.3, -0.25) is 14.4 Å². The summed E-state index contributed by atoms with van der Waals surface area (Å²) in [5.74, 6) is 0.742. The summed E-state index contributed by atoms with van der Waals surface area (Å²) < 4.78 is 7.62. The molecule has 10 nitrogen and oxygen atoms in total. The van der Waals surface area contributed by atoms with Crippen LogP contribution in [0.3, 0.4) is 0 Å². The molecule has 1 aliphatic rings. The predicted octanol–water partition coefficient (Wildman–Crippen LogP) is 4.44. The van der Waals surface area contributed by atoms with Gasteiger partial charge in [-0.05, 0) is 51.2 Å². The normalized spacial score (nSPS) is 17.7. The number of hydrogen-bond acceptors (Lipinski definition) is 8. The van der Waals surface area contributed by atoms with E-state index in [1.807, 2.05) is 48.3 Å². The summed E-state index contributed by atoms with van der Waals surface area (Å²) in [6.07, 6.45) is 4.82. The highest BCUT2D eigenvalue weighted by molar-refractivity contribution is 6.02. The molecule has 2 aromatic carbocycles. The Balaban J connectivity index is 1.49. The summed E-state index contributed by atoms with van der Waals surface area (Å²) in [5.41, 5.74) is 4.96. The molecule has 2 aromatic heterocycles. The van der Waals surface area contributed by atoms with E-state index >= 15 is 0 Å². The largest absolute Gasteiger partial charge is 0.494 e. The maximum atomic E-state index is 12.4. The Labute approximate surface area is 228 Å². The molecule has 5 rings (SSSR count). The van der Waals surface area contributed by atoms with Gasteiger partial charge in [0, 0.05) is 55.4 Å². The molecule has 1 amide bonds. The van der Waals surface area contributed by atoms with Crippen LogP contribution in [0.25, 0.3) is 22.2 Å². The maximum Gasteiger partial charge on any atom is 0.247 e. The van der Waals surface area contributed by atoms with E-state index in [-0.39, 0.29) is 5.91 Å². The van der Waals surface area contributed by atoms with Crippen molar-refractivity contribution in [2.45, 2.75) is 25.9 Å². The second-order valence-corrected chi connectivity index (χ2v) is 9.96. The van der Waals surface area contributed by atoms with Crippen LogP contribution in [0, 0.1) is 0 Å². The van der Waals surface area contributed by atoms with Crippen LogP contribution in [0.4, 0.5) is 23.0 Å². The Morgan fingerprint density at radius 2 is 1.87 bits per heavy atom. The van der Waals surface area contributed by atoms with Crippen molar-refractivity contribution in [1.82, 2.24) is 24.6 Å². The van der Waals surface area contributed by atoms with Crippen molar-refractivity contribution in [3.8, 4) is 17.0 Å². The zero-order chi connectivity index (χ0) is 27.7. The fraction of sp³-hybridized carbons (Fsp3) is 0.310. The fourth-order valence-electron chi connectivity index (χ4n) is 5.01. The number of carbonyl (C=O) groups excluding carboxylic acids is 1. The van der Waals surface area contributed by atoms with E-state index in [2.05, 4.69) is 64.1 Å². The molecule has 3 heterocycles. The van der Waals surface area contributed by atoms with Gasteiger partial charge in [0.25, 0.3) is 0 Å². The van der Waals surface area contributed by atoms with Gasteiger partial charge in [-0.15, -0.1) is 0 Å². The summed E-state index contributed by atoms with van der Waals surface area (Å²) in [7, 11) is 5.69. The number of amides is 1. The molecule has 1 aliphatic heterocycles. The third kappa shape index (κ3) is 5.28. The van der Waals surface area contributed by atoms with Gasteiger partial charge in [0.1, 0.15) is 5.75 Å². The second kappa shape index (κ2) is 10.7. The number of aryl methyl sites for hydroxylation is 1. The molecule has 0 aliphatic carbocycles. The minimum Gasteiger partial charge on any atom is -0.494 e. The van der Waals surface area contributed by atoms with Crippen molar-refractivity contribution < 1.29 is 9.53 Å². The molecule has 2 N–H and O–H groups in total. The van der Waals surface area contributed by atoms with Crippen molar-refractivity contribution in [2.24, 2.45) is 7.05 Å². The van der Waals surface area contributed by atoms with E-state index in [1.54, 1.807) is 13.3 Å². The van der Waals surface area contributed by atoms with Crippen LogP contribution in [0.15, 0.2) is 61.4 Å². The third-order valence-electron chi connectivity index (χ3n) is 7.41. The molecule has 0 bridgehead atoms. The average molecular weight is 527 g/mol. The molecule has 10 heteroatoms. The predicted molar refractivity (Wildman–Crippen MR) is 156 cm³/mol. The topological polar surface area (TPSA) is 100 Å². The number of carbonyl (C=O) groups is 1. The van der Waals surface area contributed by atoms with Crippen LogP contribution in [-0.4, -0.2) is 69.9 Å². The lowest BCUT2D eigenvalue weighted by molar-refractivity contribution is -0.111. The smallest absolute Gasteiger partial charge is 0.247 e. The van der Waals surface area contributed by atoms with Crippen LogP contribution in [-0.2, 0) is 11.8 Å². The number of anilines is 4. The number of nitrogens with one attached hydrogen (secondary N) is 2. The van der Waals surface area contributed by atoms with Crippen LogP contribution in [0.5, 0.6) is 5.75 Å². The van der Waals surface area contributed by atoms with Gasteiger partial charge in [0.15, 0.2) is 0 Å². The number of nitrogens with zero attached hydrogens (tertiary/aromatic N) is 6. The van der Waals surface area contributed by atoms with Crippen LogP contribution >= 0.6 is 0 Å². The maximum absolute atomic E-state index is 12.4. The first-order valence-corrected chi connectivity index (χ1v) is 12.9. The van der Waals surface area contributed by atoms with Crippen LogP contribution < -0.4 is 20.3 Å². The van der Waals surface area contributed by atoms with Crippen LogP contribution in [0.1, 0.15) is 13.8 Å². The molecule has 1 saturated heterocycles. The monoisotopic (exact) mass is 526 g/mol. The van der Waals surface area contributed by atoms with Crippen molar-refractivity contribution in [3.63, 3.8) is 0 Å². The molecule has 202 valence electrons. The molecular weight excluding hydrogens is 492 g/mol. The molecule has 39 heavy (non-hydrogen) atoms. The zero-order valence-electron chi connectivity index (χ0n) is 23.0. The number of hydrogen-bond donors (Lipinski definition) is 2. The average Bonchev–Trinajstić information content (AvgIpc) is 3.31. The lowest BCUT2D eigenvalue weighted by Gasteiger charge is -2.44. The highest BCUT2D eigenvalue weighted by atomic mass is 16.5. The Bertz CT molecular complexity index is 1520. The summed E-state index contributed by atoms with van der Waals surface area (Å²) >= 11 is 0. The Morgan fingerprint density at radius 3 is 2.59 bits per heavy atom. The summed E-state index contributed by atoms with van der Waals surface area (Å²) in [6, 6.07) is 12.5. The minimum absolute atomic E-state index is 0.286. The Hall–Kier alpha value is -4.44. The number of ether oxygens (including phenoxy) is 1. The number of piperazine rings is 1. The quantitative estimate of drug-likeness (QED) is 0.341. The second-order valence-electron chi connectivity index (χ2n) is 9.96. The number of aromatic nitrogens is 4. The number of rotatable bonds is 7. The lowest BCUT2D eigenvalue weighted by Crippen LogP contribution is -2.55. The Kier molecular flexibility index (Phi) is 7.21. The van der Waals surface area contributed by atoms with E-state index < -0.39 is 0 Å². The first-order chi connectivity index (χ1) is 18.8. The first kappa shape index (κ1) is 26.2. The van der Waals surface area contributed by atoms with Gasteiger partial charge in [-0.1, -0.05) is 12.6 Å². The number of benzene rings is 2. The van der Waals surface area contributed by atoms with Gasteiger partial charge in [-0.25, -0.2) is 9.97 Å². The molecular formula is C29H34N8O2. The number of fused-ring (bicyclic) bond motifs is 1. The Morgan fingerprint density at radius 1 is 1.10 bits per heavy atom. The summed E-state index contributed by atoms with van der Waals surface area (Å²) in [4.78, 5) is 26.2. The molecule has 0 spiro atoms. The van der Waals surface area contributed by atoms with Gasteiger partial charge in [-0.2, -0.15) is 5.10 Å². The molecule has 4 aromatic rings. The fourth-order valence-corrected chi connectivity index (χ4v) is 5.01. The molecule has 0 saturated carbocycles. The third-order valence-corrected chi connectivity index (χ3v) is 7.41. The first-order valence-electron chi connectivity index (χ1n) is 12.9. The van der Waals surface area contributed by atoms with Gasteiger partial charge in [0.05, 0.1) is 41.6 Å². The molecule has 0 unspecified atom stereocenters. The van der Waals surface area contributed by atoms with Crippen LogP contribution in [0.2, 0.25) is 0 Å². The van der Waals surface area contributed by atoms with E-state index in [0.29, 0.717) is 35.2 Å². The zero-order valence-corrected chi connectivity index (χ0v) is 23.0. The van der Waals surface area contributed by atoms with E-state index in [4.69, 9.17) is 9.72 Å². The van der Waals surface area contributed by atoms with Crippen molar-refractivity contribution in [2.75, 3.05) is 42.8 Å². The lowest BCUT2D eigenvalue weighted by atomic mass is 10.1. The standard InChI is InChI=1S/C29H34N8O2/c1-7-28(38)32-23-13-24(27(39-6)14-26(23)37-16-18(2)35(4)19(3)17-37)34-29-30-11-10-22(33-29)20-8-9-25-21(12-20)15-31-36(25)5/h7-15,18-19H,1,16-17H2,2-6H3,(H,32,38)(H,30,33,34)/t18-,19+. The van der Waals surface area contributed by atoms with E-state index in [1.165, 1.54) is 6.08 Å². The van der Waals surface area contributed by atoms with Gasteiger partial charge in [0.2, 0.25) is 11.9 Å². The minimum atomic E-state index is -0.286. The molecule has 2 atom stereocenters. The highest BCUT2D eigenvalue weighted by Gasteiger charge is 2.29. The number of methoxy groups -OCH3 is 1. The van der Waals surface area contributed by atoms with Crippen molar-refractivity contribution in [1.29, 1.82) is 0 Å². The summed E-state index contributed by atoms with van der Waals surface area (Å²) in [6.45, 7) is 9.66. The summed E-state index contributed by atoms with van der Waals surface area (Å²) in [5, 5.41) is 11.6. The van der Waals surface area contributed by atoms with Gasteiger partial charge >= 0.3 is 0 Å². The molecule has 1 fully saturated rings. The van der Waals surface area contributed by atoms with E-state index in [0.717, 1.165) is 40.9 Å². The van der Waals surface area contributed by atoms with Gasteiger partial charge < -0.3 is 20.3 Å². The van der Waals surface area contributed by atoms with Crippen molar-refractivity contribution >= 4 is 39.8 Å². The number of likely N-dealkylation sites (N-methyl/N-ethyl adjacent to an activating group) is 1. The van der Waals surface area contributed by atoms with Crippen molar-refractivity contribution in [3.05, 3.63) is 61.4 Å². The highest BCUT2D eigenvalue weighted by Crippen LogP contribution is 2.39. The van der Waals surface area contributed by atoms with E-state index in [9.17, 15) is 4.79 Å².